The summed E-state index contributed by atoms with van der Waals surface area (Å²) < 4.78 is 0. The highest BCUT2D eigenvalue weighted by molar-refractivity contribution is 5.76. The fourth-order valence-corrected chi connectivity index (χ4v) is 1.92. The summed E-state index contributed by atoms with van der Waals surface area (Å²) in [5, 5.41) is 9.41. The quantitative estimate of drug-likeness (QED) is 0.779. The number of H-pyrrole nitrogens is 1. The van der Waals surface area contributed by atoms with Crippen LogP contribution in [-0.2, 0) is 11.2 Å². The van der Waals surface area contributed by atoms with Crippen molar-refractivity contribution in [3.05, 3.63) is 18.0 Å². The summed E-state index contributed by atoms with van der Waals surface area (Å²) in [7, 11) is 0. The topological polar surface area (TPSA) is 105 Å². The number of aromatic amines is 1. The standard InChI is InChI=1S/C13H18N4O2/c1-7(2)13(3,12(18)19)6-10-15-8-4-5-9(14)16-11(8)17-10/h4-5,7H,6H2,1-3H3,(H,18,19)(H3,14,15,16,17). The van der Waals surface area contributed by atoms with E-state index >= 15 is 0 Å². The first kappa shape index (κ1) is 13.3. The number of anilines is 1. The van der Waals surface area contributed by atoms with Gasteiger partial charge in [0.1, 0.15) is 11.6 Å². The number of imidazole rings is 1. The van der Waals surface area contributed by atoms with E-state index in [1.807, 2.05) is 13.8 Å². The fourth-order valence-electron chi connectivity index (χ4n) is 1.92. The molecule has 0 amide bonds. The van der Waals surface area contributed by atoms with E-state index in [4.69, 9.17) is 5.73 Å². The monoisotopic (exact) mass is 262 g/mol. The lowest BCUT2D eigenvalue weighted by Crippen LogP contribution is -2.35. The molecule has 19 heavy (non-hydrogen) atoms. The zero-order valence-corrected chi connectivity index (χ0v) is 11.3. The smallest absolute Gasteiger partial charge is 0.310 e. The number of rotatable bonds is 4. The fraction of sp³-hybridized carbons (Fsp3) is 0.462. The lowest BCUT2D eigenvalue weighted by Gasteiger charge is -2.27. The zero-order chi connectivity index (χ0) is 14.2. The number of nitrogen functional groups attached to an aromatic ring is 1. The first-order valence-electron chi connectivity index (χ1n) is 6.17. The normalized spacial score (nSPS) is 14.7. The first-order valence-corrected chi connectivity index (χ1v) is 6.17. The van der Waals surface area contributed by atoms with Crippen molar-refractivity contribution in [1.82, 2.24) is 15.0 Å². The van der Waals surface area contributed by atoms with Crippen LogP contribution >= 0.6 is 0 Å². The predicted molar refractivity (Wildman–Crippen MR) is 72.6 cm³/mol. The molecule has 6 heteroatoms. The largest absolute Gasteiger partial charge is 0.481 e. The molecule has 0 aliphatic rings. The van der Waals surface area contributed by atoms with Crippen molar-refractivity contribution in [3.63, 3.8) is 0 Å². The predicted octanol–water partition coefficient (Wildman–Crippen LogP) is 1.83. The Bertz CT molecular complexity index is 620. The number of aromatic nitrogens is 3. The number of hydrogen-bond acceptors (Lipinski definition) is 4. The Hall–Kier alpha value is -2.11. The van der Waals surface area contributed by atoms with E-state index in [1.54, 1.807) is 19.1 Å². The van der Waals surface area contributed by atoms with Crippen LogP contribution in [0.2, 0.25) is 0 Å². The van der Waals surface area contributed by atoms with Crippen molar-refractivity contribution in [1.29, 1.82) is 0 Å². The minimum absolute atomic E-state index is 0.00348. The van der Waals surface area contributed by atoms with E-state index in [1.165, 1.54) is 0 Å². The third kappa shape index (κ3) is 2.38. The maximum Gasteiger partial charge on any atom is 0.310 e. The van der Waals surface area contributed by atoms with E-state index in [2.05, 4.69) is 15.0 Å². The van der Waals surface area contributed by atoms with Gasteiger partial charge in [0.05, 0.1) is 10.9 Å². The van der Waals surface area contributed by atoms with Gasteiger partial charge in [-0.05, 0) is 25.0 Å². The maximum absolute atomic E-state index is 11.5. The Morgan fingerprint density at radius 1 is 1.47 bits per heavy atom. The number of nitrogens with zero attached hydrogens (tertiary/aromatic N) is 2. The van der Waals surface area contributed by atoms with Gasteiger partial charge in [0.25, 0.3) is 0 Å². The summed E-state index contributed by atoms with van der Waals surface area (Å²) in [5.74, 6) is 0.189. The second kappa shape index (κ2) is 4.53. The van der Waals surface area contributed by atoms with Gasteiger partial charge in [-0.25, -0.2) is 9.97 Å². The highest BCUT2D eigenvalue weighted by atomic mass is 16.4. The number of nitrogens with two attached hydrogens (primary N) is 1. The average molecular weight is 262 g/mol. The molecule has 0 spiro atoms. The second-order valence-electron chi connectivity index (χ2n) is 5.34. The molecule has 0 radical (unpaired) electrons. The lowest BCUT2D eigenvalue weighted by atomic mass is 9.76. The molecule has 0 saturated carbocycles. The molecule has 0 bridgehead atoms. The molecule has 0 aliphatic carbocycles. The van der Waals surface area contributed by atoms with Gasteiger partial charge in [-0.15, -0.1) is 0 Å². The Morgan fingerprint density at radius 2 is 2.16 bits per heavy atom. The molecular weight excluding hydrogens is 244 g/mol. The van der Waals surface area contributed by atoms with Crippen LogP contribution in [0.3, 0.4) is 0 Å². The van der Waals surface area contributed by atoms with E-state index in [0.717, 1.165) is 5.52 Å². The van der Waals surface area contributed by atoms with Crippen LogP contribution < -0.4 is 5.73 Å². The number of carboxylic acid groups (broad SMARTS) is 1. The number of carbonyl (C=O) groups is 1. The highest BCUT2D eigenvalue weighted by Crippen LogP contribution is 2.31. The van der Waals surface area contributed by atoms with Gasteiger partial charge < -0.3 is 15.8 Å². The van der Waals surface area contributed by atoms with Gasteiger partial charge in [-0.2, -0.15) is 0 Å². The number of fused-ring (bicyclic) bond motifs is 1. The molecule has 1 unspecified atom stereocenters. The Kier molecular flexibility index (Phi) is 3.18. The SMILES string of the molecule is CC(C)C(C)(Cc1nc2nc(N)ccc2[nH]1)C(=O)O. The van der Waals surface area contributed by atoms with Gasteiger partial charge in [0, 0.05) is 6.42 Å². The minimum atomic E-state index is -0.862. The van der Waals surface area contributed by atoms with Crippen molar-refractivity contribution in [2.24, 2.45) is 11.3 Å². The van der Waals surface area contributed by atoms with Crippen LogP contribution in [0.25, 0.3) is 11.2 Å². The van der Waals surface area contributed by atoms with Crippen LogP contribution in [0, 0.1) is 11.3 Å². The molecular formula is C13H18N4O2. The summed E-state index contributed by atoms with van der Waals surface area (Å²) in [6.45, 7) is 5.52. The minimum Gasteiger partial charge on any atom is -0.481 e. The summed E-state index contributed by atoms with van der Waals surface area (Å²) in [6, 6.07) is 3.48. The molecule has 2 aromatic rings. The summed E-state index contributed by atoms with van der Waals surface area (Å²) in [6.07, 6.45) is 0.330. The van der Waals surface area contributed by atoms with E-state index < -0.39 is 11.4 Å². The van der Waals surface area contributed by atoms with Crippen molar-refractivity contribution in [3.8, 4) is 0 Å². The van der Waals surface area contributed by atoms with Crippen LogP contribution in [0.5, 0.6) is 0 Å². The summed E-state index contributed by atoms with van der Waals surface area (Å²) in [5.41, 5.74) is 6.02. The Balaban J connectivity index is 2.37. The van der Waals surface area contributed by atoms with Gasteiger partial charge >= 0.3 is 5.97 Å². The van der Waals surface area contributed by atoms with Crippen molar-refractivity contribution in [2.75, 3.05) is 5.73 Å². The van der Waals surface area contributed by atoms with E-state index in [-0.39, 0.29) is 5.92 Å². The first-order chi connectivity index (χ1) is 8.83. The van der Waals surface area contributed by atoms with Crippen LogP contribution in [0.4, 0.5) is 5.82 Å². The number of nitrogens with one attached hydrogen (secondary N) is 1. The van der Waals surface area contributed by atoms with Crippen LogP contribution in [0.1, 0.15) is 26.6 Å². The second-order valence-corrected chi connectivity index (χ2v) is 5.34. The van der Waals surface area contributed by atoms with Crippen LogP contribution in [0.15, 0.2) is 12.1 Å². The lowest BCUT2D eigenvalue weighted by molar-refractivity contribution is -0.150. The van der Waals surface area contributed by atoms with Gasteiger partial charge in [-0.1, -0.05) is 13.8 Å². The summed E-state index contributed by atoms with van der Waals surface area (Å²) in [4.78, 5) is 23.0. The Morgan fingerprint density at radius 3 is 2.74 bits per heavy atom. The molecule has 0 fully saturated rings. The number of aliphatic carboxylic acids is 1. The highest BCUT2D eigenvalue weighted by Gasteiger charge is 2.37. The molecule has 102 valence electrons. The molecule has 2 rings (SSSR count). The number of pyridine rings is 1. The molecule has 0 aliphatic heterocycles. The molecule has 1 atom stereocenters. The van der Waals surface area contributed by atoms with E-state index in [9.17, 15) is 9.90 Å². The van der Waals surface area contributed by atoms with Crippen LogP contribution in [-0.4, -0.2) is 26.0 Å². The average Bonchev–Trinajstić information content (AvgIpc) is 2.69. The Labute approximate surface area is 111 Å². The van der Waals surface area contributed by atoms with Crippen molar-refractivity contribution in [2.45, 2.75) is 27.2 Å². The van der Waals surface area contributed by atoms with Gasteiger partial charge in [-0.3, -0.25) is 4.79 Å². The molecule has 2 heterocycles. The third-order valence-corrected chi connectivity index (χ3v) is 3.71. The van der Waals surface area contributed by atoms with E-state index in [0.29, 0.717) is 23.7 Å². The van der Waals surface area contributed by atoms with Crippen molar-refractivity contribution < 1.29 is 9.90 Å². The third-order valence-electron chi connectivity index (χ3n) is 3.71. The van der Waals surface area contributed by atoms with Crippen molar-refractivity contribution >= 4 is 23.0 Å². The van der Waals surface area contributed by atoms with Gasteiger partial charge in [0.15, 0.2) is 5.65 Å². The molecule has 4 N–H and O–H groups in total. The number of carboxylic acids is 1. The zero-order valence-electron chi connectivity index (χ0n) is 11.3. The number of hydrogen-bond donors (Lipinski definition) is 3. The molecule has 0 aromatic carbocycles. The summed E-state index contributed by atoms with van der Waals surface area (Å²) >= 11 is 0. The molecule has 0 saturated heterocycles. The molecule has 2 aromatic heterocycles. The van der Waals surface area contributed by atoms with Gasteiger partial charge in [0.2, 0.25) is 0 Å². The maximum atomic E-state index is 11.5. The molecule has 6 nitrogen and oxygen atoms in total.